The number of ether oxygens (including phenoxy) is 1. The summed E-state index contributed by atoms with van der Waals surface area (Å²) in [4.78, 5) is 2.63. The third kappa shape index (κ3) is 4.96. The fourth-order valence-electron chi connectivity index (χ4n) is 3.41. The summed E-state index contributed by atoms with van der Waals surface area (Å²) in [6.45, 7) is 5.28. The Hall–Kier alpha value is -0.610. The molecule has 1 aromatic rings. The maximum Gasteiger partial charge on any atom is 0.0717 e. The summed E-state index contributed by atoms with van der Waals surface area (Å²) in [5.74, 6) is 0. The number of likely N-dealkylation sites (tertiary alicyclic amines) is 1. The number of benzene rings is 1. The quantitative estimate of drug-likeness (QED) is 0.874. The molecule has 2 heterocycles. The summed E-state index contributed by atoms with van der Waals surface area (Å²) < 4.78 is 5.94. The van der Waals surface area contributed by atoms with Crippen LogP contribution in [-0.4, -0.2) is 43.2 Å². The zero-order valence-electron chi connectivity index (χ0n) is 12.7. The molecule has 3 rings (SSSR count). The SMILES string of the molecule is Cl.c1ccc(COC[C@@H]2CCCN2C[C@@H]2CCCN2)cc1. The number of nitrogens with zero attached hydrogens (tertiary/aromatic N) is 1. The van der Waals surface area contributed by atoms with Gasteiger partial charge in [0, 0.05) is 18.6 Å². The van der Waals surface area contributed by atoms with Gasteiger partial charge >= 0.3 is 0 Å². The van der Waals surface area contributed by atoms with Crippen molar-refractivity contribution in [2.45, 2.75) is 44.4 Å². The Kier molecular flexibility index (Phi) is 6.97. The molecule has 2 aliphatic heterocycles. The van der Waals surface area contributed by atoms with Gasteiger partial charge in [0.25, 0.3) is 0 Å². The molecule has 1 aromatic carbocycles. The van der Waals surface area contributed by atoms with Crippen LogP contribution in [0.25, 0.3) is 0 Å². The Bertz CT molecular complexity index is 395. The smallest absolute Gasteiger partial charge is 0.0717 e. The highest BCUT2D eigenvalue weighted by atomic mass is 35.5. The zero-order chi connectivity index (χ0) is 13.6. The number of hydrogen-bond donors (Lipinski definition) is 1. The van der Waals surface area contributed by atoms with Crippen LogP contribution in [0, 0.1) is 0 Å². The van der Waals surface area contributed by atoms with Gasteiger partial charge in [0.2, 0.25) is 0 Å². The van der Waals surface area contributed by atoms with Gasteiger partial charge in [-0.05, 0) is 44.3 Å². The largest absolute Gasteiger partial charge is 0.375 e. The minimum atomic E-state index is 0. The lowest BCUT2D eigenvalue weighted by atomic mass is 10.2. The van der Waals surface area contributed by atoms with Crippen LogP contribution in [0.3, 0.4) is 0 Å². The topological polar surface area (TPSA) is 24.5 Å². The highest BCUT2D eigenvalue weighted by Crippen LogP contribution is 2.20. The summed E-state index contributed by atoms with van der Waals surface area (Å²) in [6.07, 6.45) is 5.30. The van der Waals surface area contributed by atoms with E-state index in [1.165, 1.54) is 50.9 Å². The van der Waals surface area contributed by atoms with E-state index in [1.807, 2.05) is 0 Å². The summed E-state index contributed by atoms with van der Waals surface area (Å²) in [5, 5.41) is 3.60. The average Bonchev–Trinajstić information content (AvgIpc) is 3.13. The fraction of sp³-hybridized carbons (Fsp3) is 0.647. The van der Waals surface area contributed by atoms with Crippen molar-refractivity contribution < 1.29 is 4.74 Å². The van der Waals surface area contributed by atoms with Crippen molar-refractivity contribution in [3.8, 4) is 0 Å². The summed E-state index contributed by atoms with van der Waals surface area (Å²) >= 11 is 0. The van der Waals surface area contributed by atoms with E-state index in [1.54, 1.807) is 0 Å². The van der Waals surface area contributed by atoms with Crippen LogP contribution in [0.4, 0.5) is 0 Å². The maximum atomic E-state index is 5.94. The zero-order valence-corrected chi connectivity index (χ0v) is 13.5. The van der Waals surface area contributed by atoms with E-state index in [4.69, 9.17) is 4.74 Å². The van der Waals surface area contributed by atoms with Gasteiger partial charge in [0.1, 0.15) is 0 Å². The van der Waals surface area contributed by atoms with Gasteiger partial charge in [0.15, 0.2) is 0 Å². The lowest BCUT2D eigenvalue weighted by molar-refractivity contribution is 0.0642. The normalized spacial score (nSPS) is 25.9. The molecule has 0 aliphatic carbocycles. The molecule has 3 nitrogen and oxygen atoms in total. The van der Waals surface area contributed by atoms with Crippen molar-refractivity contribution in [1.29, 1.82) is 0 Å². The molecule has 1 N–H and O–H groups in total. The predicted molar refractivity (Wildman–Crippen MR) is 89.0 cm³/mol. The van der Waals surface area contributed by atoms with Crippen molar-refractivity contribution in [2.24, 2.45) is 0 Å². The van der Waals surface area contributed by atoms with E-state index in [-0.39, 0.29) is 12.4 Å². The lowest BCUT2D eigenvalue weighted by Gasteiger charge is -2.27. The van der Waals surface area contributed by atoms with Crippen molar-refractivity contribution in [1.82, 2.24) is 10.2 Å². The predicted octanol–water partition coefficient (Wildman–Crippen LogP) is 2.84. The van der Waals surface area contributed by atoms with Gasteiger partial charge in [-0.1, -0.05) is 30.3 Å². The molecule has 0 unspecified atom stereocenters. The Balaban J connectivity index is 0.00000161. The molecule has 2 aliphatic rings. The Morgan fingerprint density at radius 3 is 2.76 bits per heavy atom. The molecule has 2 saturated heterocycles. The van der Waals surface area contributed by atoms with Gasteiger partial charge in [-0.15, -0.1) is 12.4 Å². The van der Waals surface area contributed by atoms with E-state index >= 15 is 0 Å². The van der Waals surface area contributed by atoms with Crippen molar-refractivity contribution in [2.75, 3.05) is 26.2 Å². The standard InChI is InChI=1S/C17H26N2O.ClH/c1-2-6-15(7-3-1)13-20-14-17-9-5-11-19(17)12-16-8-4-10-18-16;/h1-3,6-7,16-18H,4-5,8-14H2;1H/t16-,17-;/m0./s1. The molecule has 0 aromatic heterocycles. The molecule has 2 atom stereocenters. The first-order valence-electron chi connectivity index (χ1n) is 8.01. The van der Waals surface area contributed by atoms with Crippen molar-refractivity contribution in [3.05, 3.63) is 35.9 Å². The van der Waals surface area contributed by atoms with Crippen LogP contribution in [0.5, 0.6) is 0 Å². The van der Waals surface area contributed by atoms with Crippen molar-refractivity contribution in [3.63, 3.8) is 0 Å². The number of hydrogen-bond acceptors (Lipinski definition) is 3. The molecule has 21 heavy (non-hydrogen) atoms. The summed E-state index contributed by atoms with van der Waals surface area (Å²) in [6, 6.07) is 11.8. The first-order chi connectivity index (χ1) is 9.92. The minimum Gasteiger partial charge on any atom is -0.375 e. The molecular weight excluding hydrogens is 284 g/mol. The Morgan fingerprint density at radius 2 is 2.00 bits per heavy atom. The molecule has 0 bridgehead atoms. The number of rotatable bonds is 6. The minimum absolute atomic E-state index is 0. The highest BCUT2D eigenvalue weighted by Gasteiger charge is 2.27. The highest BCUT2D eigenvalue weighted by molar-refractivity contribution is 5.85. The van der Waals surface area contributed by atoms with Gasteiger partial charge in [-0.2, -0.15) is 0 Å². The average molecular weight is 311 g/mol. The van der Waals surface area contributed by atoms with Gasteiger partial charge in [-0.25, -0.2) is 0 Å². The molecule has 0 saturated carbocycles. The lowest BCUT2D eigenvalue weighted by Crippen LogP contribution is -2.41. The van der Waals surface area contributed by atoms with Crippen LogP contribution in [0.1, 0.15) is 31.2 Å². The number of nitrogens with one attached hydrogen (secondary N) is 1. The van der Waals surface area contributed by atoms with Crippen LogP contribution >= 0.6 is 12.4 Å². The first-order valence-corrected chi connectivity index (χ1v) is 8.01. The Labute approximate surface area is 134 Å². The second-order valence-corrected chi connectivity index (χ2v) is 6.08. The second-order valence-electron chi connectivity index (χ2n) is 6.08. The molecule has 0 spiro atoms. The first kappa shape index (κ1) is 16.8. The monoisotopic (exact) mass is 310 g/mol. The van der Waals surface area contributed by atoms with Crippen LogP contribution in [0.2, 0.25) is 0 Å². The van der Waals surface area contributed by atoms with E-state index in [0.29, 0.717) is 12.1 Å². The van der Waals surface area contributed by atoms with Crippen molar-refractivity contribution >= 4 is 12.4 Å². The van der Waals surface area contributed by atoms with Gasteiger partial charge < -0.3 is 10.1 Å². The summed E-state index contributed by atoms with van der Waals surface area (Å²) in [7, 11) is 0. The third-order valence-electron chi connectivity index (χ3n) is 4.54. The van der Waals surface area contributed by atoms with E-state index < -0.39 is 0 Å². The molecule has 0 radical (unpaired) electrons. The Morgan fingerprint density at radius 1 is 1.14 bits per heavy atom. The molecule has 4 heteroatoms. The van der Waals surface area contributed by atoms with Gasteiger partial charge in [0.05, 0.1) is 13.2 Å². The van der Waals surface area contributed by atoms with Crippen LogP contribution in [0.15, 0.2) is 30.3 Å². The molecular formula is C17H27ClN2O. The second kappa shape index (κ2) is 8.74. The summed E-state index contributed by atoms with van der Waals surface area (Å²) in [5.41, 5.74) is 1.27. The van der Waals surface area contributed by atoms with E-state index in [9.17, 15) is 0 Å². The fourth-order valence-corrected chi connectivity index (χ4v) is 3.41. The van der Waals surface area contributed by atoms with Crippen LogP contribution < -0.4 is 5.32 Å². The number of halogens is 1. The molecule has 0 amide bonds. The third-order valence-corrected chi connectivity index (χ3v) is 4.54. The maximum absolute atomic E-state index is 5.94. The molecule has 118 valence electrons. The molecule has 2 fully saturated rings. The van der Waals surface area contributed by atoms with Gasteiger partial charge in [-0.3, -0.25) is 4.90 Å². The van der Waals surface area contributed by atoms with E-state index in [2.05, 4.69) is 40.5 Å². The van der Waals surface area contributed by atoms with Crippen LogP contribution in [-0.2, 0) is 11.3 Å². The van der Waals surface area contributed by atoms with E-state index in [0.717, 1.165) is 13.2 Å².